The number of hydrogen-bond acceptors (Lipinski definition) is 3. The molecule has 1 N–H and O–H groups in total. The minimum atomic E-state index is -3.25. The number of halogens is 2. The van der Waals surface area contributed by atoms with Gasteiger partial charge in [0, 0.05) is 31.6 Å². The third kappa shape index (κ3) is 9.35. The molecule has 1 fully saturated rings. The zero-order chi connectivity index (χ0) is 21.9. The van der Waals surface area contributed by atoms with Gasteiger partial charge in [-0.1, -0.05) is 52.4 Å². The fourth-order valence-corrected chi connectivity index (χ4v) is 4.50. The molecule has 0 aliphatic heterocycles. The summed E-state index contributed by atoms with van der Waals surface area (Å²) in [6.45, 7) is 3.99. The molecule has 1 aliphatic rings. The topological polar surface area (TPSA) is 71.4 Å². The van der Waals surface area contributed by atoms with Crippen LogP contribution in [0.2, 0.25) is 0 Å². The second kappa shape index (κ2) is 13.1. The summed E-state index contributed by atoms with van der Waals surface area (Å²) in [5.74, 6) is -4.85. The number of carbonyl (C=O) groups is 3. The minimum Gasteiger partial charge on any atom is -0.481 e. The molecule has 168 valence electrons. The van der Waals surface area contributed by atoms with Crippen LogP contribution < -0.4 is 0 Å². The third-order valence-corrected chi connectivity index (χ3v) is 6.30. The van der Waals surface area contributed by atoms with Crippen LogP contribution in [-0.2, 0) is 14.4 Å². The lowest BCUT2D eigenvalue weighted by Crippen LogP contribution is -2.29. The molecular formula is C23H38F2O4. The molecule has 1 aliphatic carbocycles. The Morgan fingerprint density at radius 3 is 2.31 bits per heavy atom. The Morgan fingerprint density at radius 1 is 1.00 bits per heavy atom. The Labute approximate surface area is 173 Å². The SMILES string of the molecule is CCCCCCC(F)(F)C(=O)CC[C@@H]1C(CCCCCCC(=O)O)C(=O)C[C@H]1C. The normalized spacial score (nSPS) is 22.2. The summed E-state index contributed by atoms with van der Waals surface area (Å²) < 4.78 is 28.2. The monoisotopic (exact) mass is 416 g/mol. The highest BCUT2D eigenvalue weighted by atomic mass is 19.3. The van der Waals surface area contributed by atoms with Gasteiger partial charge in [0.05, 0.1) is 0 Å². The highest BCUT2D eigenvalue weighted by Gasteiger charge is 2.42. The largest absolute Gasteiger partial charge is 0.481 e. The molecule has 4 nitrogen and oxygen atoms in total. The molecule has 0 bridgehead atoms. The quantitative estimate of drug-likeness (QED) is 0.304. The van der Waals surface area contributed by atoms with Crippen molar-refractivity contribution in [2.75, 3.05) is 0 Å². The summed E-state index contributed by atoms with van der Waals surface area (Å²) in [6, 6.07) is 0. The van der Waals surface area contributed by atoms with Gasteiger partial charge in [0.15, 0.2) is 0 Å². The van der Waals surface area contributed by atoms with Gasteiger partial charge in [0.2, 0.25) is 5.78 Å². The van der Waals surface area contributed by atoms with Crippen molar-refractivity contribution in [1.82, 2.24) is 0 Å². The van der Waals surface area contributed by atoms with Crippen molar-refractivity contribution < 1.29 is 28.3 Å². The molecule has 6 heteroatoms. The summed E-state index contributed by atoms with van der Waals surface area (Å²) in [7, 11) is 0. The molecule has 1 unspecified atom stereocenters. The third-order valence-electron chi connectivity index (χ3n) is 6.30. The maximum atomic E-state index is 14.1. The second-order valence-corrected chi connectivity index (χ2v) is 8.74. The number of carbonyl (C=O) groups excluding carboxylic acids is 2. The van der Waals surface area contributed by atoms with Crippen molar-refractivity contribution in [2.45, 2.75) is 110 Å². The van der Waals surface area contributed by atoms with Crippen LogP contribution in [-0.4, -0.2) is 28.6 Å². The van der Waals surface area contributed by atoms with Crippen molar-refractivity contribution in [3.8, 4) is 0 Å². The Hall–Kier alpha value is -1.33. The van der Waals surface area contributed by atoms with Gasteiger partial charge in [-0.3, -0.25) is 14.4 Å². The van der Waals surface area contributed by atoms with Gasteiger partial charge >= 0.3 is 11.9 Å². The van der Waals surface area contributed by atoms with Gasteiger partial charge in [-0.2, -0.15) is 8.78 Å². The number of carboxylic acid groups (broad SMARTS) is 1. The summed E-state index contributed by atoms with van der Waals surface area (Å²) in [5, 5.41) is 8.65. The fraction of sp³-hybridized carbons (Fsp3) is 0.870. The first-order chi connectivity index (χ1) is 13.7. The first-order valence-electron chi connectivity index (χ1n) is 11.3. The number of aliphatic carboxylic acids is 1. The van der Waals surface area contributed by atoms with E-state index < -0.39 is 17.7 Å². The van der Waals surface area contributed by atoms with E-state index in [0.29, 0.717) is 32.1 Å². The molecule has 0 spiro atoms. The lowest BCUT2D eigenvalue weighted by atomic mass is 9.82. The Kier molecular flexibility index (Phi) is 11.6. The van der Waals surface area contributed by atoms with Crippen molar-refractivity contribution in [1.29, 1.82) is 0 Å². The van der Waals surface area contributed by atoms with Crippen LogP contribution in [0.5, 0.6) is 0 Å². The fourth-order valence-electron chi connectivity index (χ4n) is 4.50. The van der Waals surface area contributed by atoms with Crippen LogP contribution in [0, 0.1) is 17.8 Å². The first kappa shape index (κ1) is 25.7. The molecule has 0 aromatic carbocycles. The standard InChI is InChI=1S/C23H38F2O4/c1-3-4-5-10-15-23(24,25)21(27)14-13-18-17(2)16-20(26)19(18)11-8-6-7-9-12-22(28)29/h17-19H,3-16H2,1-2H3,(H,28,29)/t17-,18+,19?/m1/s1. The van der Waals surface area contributed by atoms with Gasteiger partial charge in [-0.05, 0) is 37.5 Å². The van der Waals surface area contributed by atoms with E-state index in [4.69, 9.17) is 5.11 Å². The van der Waals surface area contributed by atoms with Crippen LogP contribution in [0.25, 0.3) is 0 Å². The van der Waals surface area contributed by atoms with Gasteiger partial charge < -0.3 is 5.11 Å². The van der Waals surface area contributed by atoms with E-state index in [0.717, 1.165) is 38.5 Å². The highest BCUT2D eigenvalue weighted by Crippen LogP contribution is 2.41. The van der Waals surface area contributed by atoms with Gasteiger partial charge in [-0.25, -0.2) is 0 Å². The Balaban J connectivity index is 2.43. The number of carboxylic acids is 1. The lowest BCUT2D eigenvalue weighted by molar-refractivity contribution is -0.144. The molecule has 0 aromatic rings. The van der Waals surface area contributed by atoms with Crippen molar-refractivity contribution in [3.05, 3.63) is 0 Å². The number of alkyl halides is 2. The average Bonchev–Trinajstić information content (AvgIpc) is 2.92. The van der Waals surface area contributed by atoms with E-state index in [-0.39, 0.29) is 42.8 Å². The Morgan fingerprint density at radius 2 is 1.66 bits per heavy atom. The van der Waals surface area contributed by atoms with Crippen LogP contribution in [0.4, 0.5) is 8.78 Å². The van der Waals surface area contributed by atoms with E-state index in [1.54, 1.807) is 0 Å². The summed E-state index contributed by atoms with van der Waals surface area (Å²) in [5.41, 5.74) is 0. The highest BCUT2D eigenvalue weighted by molar-refractivity contribution is 5.86. The average molecular weight is 417 g/mol. The predicted octanol–water partition coefficient (Wildman–Crippen LogP) is 6.21. The number of unbranched alkanes of at least 4 members (excludes halogenated alkanes) is 6. The van der Waals surface area contributed by atoms with E-state index in [1.165, 1.54) is 0 Å². The molecule has 0 heterocycles. The van der Waals surface area contributed by atoms with Crippen molar-refractivity contribution >= 4 is 17.5 Å². The van der Waals surface area contributed by atoms with E-state index in [9.17, 15) is 23.2 Å². The first-order valence-corrected chi connectivity index (χ1v) is 11.3. The Bertz CT molecular complexity index is 533. The van der Waals surface area contributed by atoms with Crippen LogP contribution >= 0.6 is 0 Å². The smallest absolute Gasteiger partial charge is 0.305 e. The maximum absolute atomic E-state index is 14.1. The summed E-state index contributed by atoms with van der Waals surface area (Å²) >= 11 is 0. The van der Waals surface area contributed by atoms with Crippen molar-refractivity contribution in [2.24, 2.45) is 17.8 Å². The van der Waals surface area contributed by atoms with Crippen molar-refractivity contribution in [3.63, 3.8) is 0 Å². The molecule has 0 aromatic heterocycles. The predicted molar refractivity (Wildman–Crippen MR) is 109 cm³/mol. The molecule has 29 heavy (non-hydrogen) atoms. The minimum absolute atomic E-state index is 0.00126. The van der Waals surface area contributed by atoms with E-state index in [1.807, 2.05) is 13.8 Å². The summed E-state index contributed by atoms with van der Waals surface area (Å²) in [4.78, 5) is 34.9. The lowest BCUT2D eigenvalue weighted by Gasteiger charge is -2.23. The van der Waals surface area contributed by atoms with E-state index >= 15 is 0 Å². The van der Waals surface area contributed by atoms with Gasteiger partial charge in [0.25, 0.3) is 0 Å². The number of rotatable bonds is 16. The molecule has 0 saturated heterocycles. The molecule has 1 rings (SSSR count). The second-order valence-electron chi connectivity index (χ2n) is 8.74. The number of hydrogen-bond donors (Lipinski definition) is 1. The summed E-state index contributed by atoms with van der Waals surface area (Å²) in [6.07, 6.45) is 7.30. The van der Waals surface area contributed by atoms with Gasteiger partial charge in [-0.15, -0.1) is 0 Å². The van der Waals surface area contributed by atoms with E-state index in [2.05, 4.69) is 0 Å². The molecule has 0 amide bonds. The molecule has 0 radical (unpaired) electrons. The van der Waals surface area contributed by atoms with Crippen LogP contribution in [0.1, 0.15) is 104 Å². The molecule has 3 atom stereocenters. The molecule has 1 saturated carbocycles. The molecular weight excluding hydrogens is 378 g/mol. The number of Topliss-reactive ketones (excluding diaryl/α,β-unsaturated/α-hetero) is 2. The zero-order valence-corrected chi connectivity index (χ0v) is 18.1. The zero-order valence-electron chi connectivity index (χ0n) is 18.1. The van der Waals surface area contributed by atoms with Crippen LogP contribution in [0.15, 0.2) is 0 Å². The number of ketones is 2. The van der Waals surface area contributed by atoms with Gasteiger partial charge in [0.1, 0.15) is 5.78 Å². The maximum Gasteiger partial charge on any atom is 0.305 e. The van der Waals surface area contributed by atoms with Crippen LogP contribution in [0.3, 0.4) is 0 Å².